The highest BCUT2D eigenvalue weighted by molar-refractivity contribution is 6.11. The van der Waals surface area contributed by atoms with Gasteiger partial charge in [0.05, 0.1) is 12.2 Å². The van der Waals surface area contributed by atoms with Gasteiger partial charge < -0.3 is 9.47 Å². The van der Waals surface area contributed by atoms with Crippen LogP contribution in [0.1, 0.15) is 20.8 Å². The van der Waals surface area contributed by atoms with Gasteiger partial charge in [-0.05, 0) is 20.8 Å². The van der Waals surface area contributed by atoms with E-state index >= 15 is 0 Å². The van der Waals surface area contributed by atoms with Gasteiger partial charge >= 0.3 is 11.9 Å². The first-order valence-corrected chi connectivity index (χ1v) is 4.59. The zero-order chi connectivity index (χ0) is 11.6. The minimum atomic E-state index is -1.12. The van der Waals surface area contributed by atoms with E-state index in [1.165, 1.54) is 13.8 Å². The number of carbonyl (C=O) groups excluding carboxylic acids is 3. The van der Waals surface area contributed by atoms with Crippen molar-refractivity contribution in [2.24, 2.45) is 5.92 Å². The Labute approximate surface area is 87.0 Å². The van der Waals surface area contributed by atoms with E-state index in [1.807, 2.05) is 0 Å². The molecule has 0 fully saturated rings. The molecule has 0 aliphatic carbocycles. The van der Waals surface area contributed by atoms with Crippen molar-refractivity contribution >= 4 is 17.7 Å². The van der Waals surface area contributed by atoms with E-state index in [1.54, 1.807) is 6.92 Å². The number of cyclic esters (lactones) is 1. The molecule has 82 valence electrons. The smallest absolute Gasteiger partial charge is 0.338 e. The highest BCUT2D eigenvalue weighted by atomic mass is 16.6. The van der Waals surface area contributed by atoms with Gasteiger partial charge in [-0.15, -0.1) is 0 Å². The van der Waals surface area contributed by atoms with Crippen molar-refractivity contribution in [3.05, 3.63) is 11.3 Å². The molecular formula is C10H12O5. The standard InChI is InChI=1S/C10H12O5/c1-4-14-9(12)8-6(3)15-10(13)7(8)5(2)11/h7H,4H2,1-3H3. The van der Waals surface area contributed by atoms with Gasteiger partial charge in [0.1, 0.15) is 11.5 Å². The predicted octanol–water partition coefficient (Wildman–Crippen LogP) is 0.586. The van der Waals surface area contributed by atoms with Crippen LogP contribution in [0.15, 0.2) is 11.3 Å². The number of hydrogen-bond acceptors (Lipinski definition) is 5. The number of Topliss-reactive ketones (excluding diaryl/α,β-unsaturated/α-hetero) is 1. The molecule has 0 bridgehead atoms. The van der Waals surface area contributed by atoms with E-state index in [2.05, 4.69) is 0 Å². The zero-order valence-electron chi connectivity index (χ0n) is 8.83. The van der Waals surface area contributed by atoms with Crippen molar-refractivity contribution in [3.8, 4) is 0 Å². The summed E-state index contributed by atoms with van der Waals surface area (Å²) in [6.07, 6.45) is 0. The second-order valence-electron chi connectivity index (χ2n) is 3.16. The summed E-state index contributed by atoms with van der Waals surface area (Å²) in [6.45, 7) is 4.54. The Hall–Kier alpha value is -1.65. The van der Waals surface area contributed by atoms with E-state index in [9.17, 15) is 14.4 Å². The summed E-state index contributed by atoms with van der Waals surface area (Å²) in [6, 6.07) is 0. The molecule has 0 aromatic rings. The van der Waals surface area contributed by atoms with E-state index in [0.29, 0.717) is 0 Å². The number of esters is 2. The summed E-state index contributed by atoms with van der Waals surface area (Å²) < 4.78 is 9.48. The Balaban J connectivity index is 3.02. The van der Waals surface area contributed by atoms with Crippen molar-refractivity contribution in [1.29, 1.82) is 0 Å². The maximum Gasteiger partial charge on any atom is 0.338 e. The number of carbonyl (C=O) groups is 3. The van der Waals surface area contributed by atoms with Crippen LogP contribution in [-0.2, 0) is 23.9 Å². The van der Waals surface area contributed by atoms with Crippen LogP contribution in [0.4, 0.5) is 0 Å². The molecule has 0 radical (unpaired) electrons. The topological polar surface area (TPSA) is 69.7 Å². The van der Waals surface area contributed by atoms with Gasteiger partial charge in [0.2, 0.25) is 0 Å². The molecule has 1 aliphatic rings. The number of allylic oxidation sites excluding steroid dienone is 1. The predicted molar refractivity (Wildman–Crippen MR) is 49.6 cm³/mol. The Kier molecular flexibility index (Phi) is 3.24. The van der Waals surface area contributed by atoms with Gasteiger partial charge in [0.15, 0.2) is 5.92 Å². The fraction of sp³-hybridized carbons (Fsp3) is 0.500. The lowest BCUT2D eigenvalue weighted by Gasteiger charge is -2.06. The quantitative estimate of drug-likeness (QED) is 0.505. The number of rotatable bonds is 3. The third-order valence-electron chi connectivity index (χ3n) is 2.06. The van der Waals surface area contributed by atoms with Crippen LogP contribution < -0.4 is 0 Å². The first-order chi connectivity index (χ1) is 6.99. The molecule has 0 N–H and O–H groups in total. The molecule has 0 spiro atoms. The van der Waals surface area contributed by atoms with Crippen molar-refractivity contribution in [1.82, 2.24) is 0 Å². The first-order valence-electron chi connectivity index (χ1n) is 4.59. The van der Waals surface area contributed by atoms with E-state index in [0.717, 1.165) is 0 Å². The summed E-state index contributed by atoms with van der Waals surface area (Å²) in [5, 5.41) is 0. The molecule has 0 saturated heterocycles. The molecule has 15 heavy (non-hydrogen) atoms. The van der Waals surface area contributed by atoms with Crippen LogP contribution in [0, 0.1) is 5.92 Å². The van der Waals surface area contributed by atoms with Crippen molar-refractivity contribution < 1.29 is 23.9 Å². The van der Waals surface area contributed by atoms with E-state index < -0.39 is 23.6 Å². The maximum absolute atomic E-state index is 11.5. The van der Waals surface area contributed by atoms with Crippen molar-refractivity contribution in [2.45, 2.75) is 20.8 Å². The monoisotopic (exact) mass is 212 g/mol. The molecular weight excluding hydrogens is 200 g/mol. The summed E-state index contributed by atoms with van der Waals surface area (Å²) in [4.78, 5) is 33.9. The van der Waals surface area contributed by atoms with Gasteiger partial charge in [0, 0.05) is 0 Å². The zero-order valence-corrected chi connectivity index (χ0v) is 8.83. The lowest BCUT2D eigenvalue weighted by molar-refractivity contribution is -0.146. The molecule has 1 atom stereocenters. The molecule has 5 nitrogen and oxygen atoms in total. The van der Waals surface area contributed by atoms with Crippen molar-refractivity contribution in [3.63, 3.8) is 0 Å². The molecule has 0 aromatic carbocycles. The fourth-order valence-electron chi connectivity index (χ4n) is 1.43. The third-order valence-corrected chi connectivity index (χ3v) is 2.06. The summed E-state index contributed by atoms with van der Waals surface area (Å²) in [5.74, 6) is -2.76. The summed E-state index contributed by atoms with van der Waals surface area (Å²) in [5.41, 5.74) is 0.0225. The molecule has 1 rings (SSSR count). The highest BCUT2D eigenvalue weighted by Crippen LogP contribution is 2.28. The third kappa shape index (κ3) is 2.06. The largest absolute Gasteiger partial charge is 0.463 e. The lowest BCUT2D eigenvalue weighted by Crippen LogP contribution is -2.24. The Morgan fingerprint density at radius 1 is 1.47 bits per heavy atom. The molecule has 0 aromatic heterocycles. The van der Waals surface area contributed by atoms with Gasteiger partial charge in [-0.1, -0.05) is 0 Å². The Morgan fingerprint density at radius 2 is 2.07 bits per heavy atom. The SMILES string of the molecule is CCOC(=O)C1=C(C)OC(=O)C1C(C)=O. The van der Waals surface area contributed by atoms with Crippen LogP contribution >= 0.6 is 0 Å². The highest BCUT2D eigenvalue weighted by Gasteiger charge is 2.41. The second-order valence-corrected chi connectivity index (χ2v) is 3.16. The second kappa shape index (κ2) is 4.25. The van der Waals surface area contributed by atoms with Gasteiger partial charge in [-0.2, -0.15) is 0 Å². The molecule has 0 saturated carbocycles. The fourth-order valence-corrected chi connectivity index (χ4v) is 1.43. The van der Waals surface area contributed by atoms with Gasteiger partial charge in [0.25, 0.3) is 0 Å². The number of ether oxygens (including phenoxy) is 2. The van der Waals surface area contributed by atoms with Crippen molar-refractivity contribution in [2.75, 3.05) is 6.61 Å². The first kappa shape index (κ1) is 11.4. The van der Waals surface area contributed by atoms with E-state index in [4.69, 9.17) is 9.47 Å². The number of ketones is 1. The van der Waals surface area contributed by atoms with E-state index in [-0.39, 0.29) is 17.9 Å². The summed E-state index contributed by atoms with van der Waals surface area (Å²) in [7, 11) is 0. The molecule has 5 heteroatoms. The van der Waals surface area contributed by atoms with Crippen LogP contribution in [0.3, 0.4) is 0 Å². The van der Waals surface area contributed by atoms with Gasteiger partial charge in [-0.3, -0.25) is 9.59 Å². The van der Waals surface area contributed by atoms with Gasteiger partial charge in [-0.25, -0.2) is 4.79 Å². The Morgan fingerprint density at radius 3 is 2.53 bits per heavy atom. The summed E-state index contributed by atoms with van der Waals surface area (Å²) >= 11 is 0. The molecule has 1 heterocycles. The maximum atomic E-state index is 11.5. The van der Waals surface area contributed by atoms with Crippen LogP contribution in [0.2, 0.25) is 0 Å². The van der Waals surface area contributed by atoms with Crippen LogP contribution in [-0.4, -0.2) is 24.3 Å². The molecule has 1 aliphatic heterocycles. The van der Waals surface area contributed by atoms with Crippen LogP contribution in [0.5, 0.6) is 0 Å². The minimum absolute atomic E-state index is 0.0225. The number of hydrogen-bond donors (Lipinski definition) is 0. The molecule has 1 unspecified atom stereocenters. The molecule has 0 amide bonds. The average molecular weight is 212 g/mol. The minimum Gasteiger partial charge on any atom is -0.463 e. The lowest BCUT2D eigenvalue weighted by atomic mass is 9.96. The van der Waals surface area contributed by atoms with Crippen LogP contribution in [0.25, 0.3) is 0 Å². The average Bonchev–Trinajstić information content (AvgIpc) is 2.41. The Bertz CT molecular complexity index is 353. The normalized spacial score (nSPS) is 20.2.